The highest BCUT2D eigenvalue weighted by molar-refractivity contribution is 5.11. The molecule has 0 heterocycles. The fourth-order valence-electron chi connectivity index (χ4n) is 0.843. The molecule has 0 aromatic carbocycles. The van der Waals surface area contributed by atoms with Gasteiger partial charge in [-0.15, -0.1) is 0 Å². The summed E-state index contributed by atoms with van der Waals surface area (Å²) >= 11 is 0. The molecule has 0 amide bonds. The van der Waals surface area contributed by atoms with Crippen LogP contribution in [-0.4, -0.2) is 5.67 Å². The third-order valence-electron chi connectivity index (χ3n) is 2.23. The summed E-state index contributed by atoms with van der Waals surface area (Å²) in [5.41, 5.74) is -1.80. The fourth-order valence-corrected chi connectivity index (χ4v) is 0.843. The number of allylic oxidation sites excluding steroid dienone is 3. The maximum Gasteiger partial charge on any atom is 0.134 e. The van der Waals surface area contributed by atoms with Gasteiger partial charge in [0.1, 0.15) is 5.67 Å². The van der Waals surface area contributed by atoms with Crippen molar-refractivity contribution in [3.05, 3.63) is 24.8 Å². The van der Waals surface area contributed by atoms with Crippen molar-refractivity contribution in [2.75, 3.05) is 0 Å². The minimum atomic E-state index is -1.33. The maximum atomic E-state index is 13.6. The van der Waals surface area contributed by atoms with Crippen molar-refractivity contribution in [3.8, 4) is 0 Å². The van der Waals surface area contributed by atoms with E-state index in [2.05, 4.69) is 6.58 Å². The lowest BCUT2D eigenvalue weighted by atomic mass is 9.77. The summed E-state index contributed by atoms with van der Waals surface area (Å²) in [5, 5.41) is 0. The van der Waals surface area contributed by atoms with Crippen LogP contribution in [0, 0.1) is 5.41 Å². The molecule has 0 bridgehead atoms. The van der Waals surface area contributed by atoms with Crippen molar-refractivity contribution in [3.63, 3.8) is 0 Å². The zero-order valence-corrected chi connectivity index (χ0v) is 7.82. The van der Waals surface area contributed by atoms with Crippen molar-refractivity contribution in [1.82, 2.24) is 0 Å². The highest BCUT2D eigenvalue weighted by Crippen LogP contribution is 2.36. The van der Waals surface area contributed by atoms with Gasteiger partial charge in [-0.2, -0.15) is 0 Å². The molecule has 0 N–H and O–H groups in total. The molecule has 0 aromatic rings. The minimum absolute atomic E-state index is 0.469. The van der Waals surface area contributed by atoms with Gasteiger partial charge in [-0.1, -0.05) is 38.7 Å². The van der Waals surface area contributed by atoms with Gasteiger partial charge in [-0.05, 0) is 13.8 Å². The first kappa shape index (κ1) is 10.4. The first-order valence-corrected chi connectivity index (χ1v) is 3.84. The molecule has 11 heavy (non-hydrogen) atoms. The summed E-state index contributed by atoms with van der Waals surface area (Å²) in [6.07, 6.45) is 5.07. The predicted molar refractivity (Wildman–Crippen MR) is 48.3 cm³/mol. The van der Waals surface area contributed by atoms with Crippen molar-refractivity contribution in [1.29, 1.82) is 0 Å². The largest absolute Gasteiger partial charge is 0.239 e. The Bertz CT molecular complexity index is 164. The van der Waals surface area contributed by atoms with E-state index < -0.39 is 11.1 Å². The van der Waals surface area contributed by atoms with Crippen molar-refractivity contribution >= 4 is 0 Å². The second-order valence-electron chi connectivity index (χ2n) is 3.50. The van der Waals surface area contributed by atoms with Gasteiger partial charge < -0.3 is 0 Å². The minimum Gasteiger partial charge on any atom is -0.239 e. The standard InChI is InChI=1S/C10H17F/c1-6-8-9(3,4)10(5,11)7-2/h6-8H,2H2,1,3-5H3/b8-6+. The van der Waals surface area contributed by atoms with E-state index in [9.17, 15) is 4.39 Å². The van der Waals surface area contributed by atoms with E-state index in [1.165, 1.54) is 6.08 Å². The number of halogens is 1. The monoisotopic (exact) mass is 156 g/mol. The predicted octanol–water partition coefficient (Wildman–Crippen LogP) is 3.50. The smallest absolute Gasteiger partial charge is 0.134 e. The molecule has 0 radical (unpaired) electrons. The zero-order chi connectivity index (χ0) is 9.12. The van der Waals surface area contributed by atoms with Crippen LogP contribution in [0.3, 0.4) is 0 Å². The van der Waals surface area contributed by atoms with Crippen LogP contribution < -0.4 is 0 Å². The van der Waals surface area contributed by atoms with E-state index in [0.29, 0.717) is 0 Å². The molecule has 1 atom stereocenters. The van der Waals surface area contributed by atoms with Gasteiger partial charge >= 0.3 is 0 Å². The van der Waals surface area contributed by atoms with Gasteiger partial charge in [-0.3, -0.25) is 0 Å². The summed E-state index contributed by atoms with van der Waals surface area (Å²) in [6.45, 7) is 10.6. The average molecular weight is 156 g/mol. The first-order valence-electron chi connectivity index (χ1n) is 3.84. The molecule has 0 aliphatic rings. The third-order valence-corrected chi connectivity index (χ3v) is 2.23. The van der Waals surface area contributed by atoms with Gasteiger partial charge in [0.05, 0.1) is 0 Å². The number of rotatable bonds is 3. The van der Waals surface area contributed by atoms with Crippen LogP contribution in [0.25, 0.3) is 0 Å². The highest BCUT2D eigenvalue weighted by atomic mass is 19.1. The Morgan fingerprint density at radius 3 is 2.00 bits per heavy atom. The van der Waals surface area contributed by atoms with E-state index in [0.717, 1.165) is 0 Å². The summed E-state index contributed by atoms with van der Waals surface area (Å²) < 4.78 is 13.6. The summed E-state index contributed by atoms with van der Waals surface area (Å²) in [6, 6.07) is 0. The third kappa shape index (κ3) is 2.18. The topological polar surface area (TPSA) is 0 Å². The summed E-state index contributed by atoms with van der Waals surface area (Å²) in [7, 11) is 0. The van der Waals surface area contributed by atoms with Crippen LogP contribution >= 0.6 is 0 Å². The lowest BCUT2D eigenvalue weighted by molar-refractivity contribution is 0.125. The number of alkyl halides is 1. The second kappa shape index (κ2) is 3.21. The van der Waals surface area contributed by atoms with Gasteiger partial charge in [0.25, 0.3) is 0 Å². The van der Waals surface area contributed by atoms with E-state index in [-0.39, 0.29) is 0 Å². The van der Waals surface area contributed by atoms with Crippen molar-refractivity contribution in [2.45, 2.75) is 33.4 Å². The SMILES string of the molecule is C=CC(C)(F)C(C)(C)/C=C/C. The molecule has 0 nitrogen and oxygen atoms in total. The van der Waals surface area contributed by atoms with Crippen LogP contribution in [-0.2, 0) is 0 Å². The van der Waals surface area contributed by atoms with Crippen molar-refractivity contribution in [2.24, 2.45) is 5.41 Å². The fraction of sp³-hybridized carbons (Fsp3) is 0.600. The Hall–Kier alpha value is -0.590. The Kier molecular flexibility index (Phi) is 3.03. The molecule has 0 spiro atoms. The quantitative estimate of drug-likeness (QED) is 0.548. The van der Waals surface area contributed by atoms with E-state index >= 15 is 0 Å². The van der Waals surface area contributed by atoms with Crippen LogP contribution in [0.15, 0.2) is 24.8 Å². The molecule has 1 heteroatoms. The summed E-state index contributed by atoms with van der Waals surface area (Å²) in [4.78, 5) is 0. The van der Waals surface area contributed by atoms with Crippen LogP contribution in [0.5, 0.6) is 0 Å². The zero-order valence-electron chi connectivity index (χ0n) is 7.82. The van der Waals surface area contributed by atoms with E-state index in [1.54, 1.807) is 6.92 Å². The highest BCUT2D eigenvalue weighted by Gasteiger charge is 2.36. The lowest BCUT2D eigenvalue weighted by Gasteiger charge is -2.32. The Morgan fingerprint density at radius 1 is 1.27 bits per heavy atom. The van der Waals surface area contributed by atoms with Crippen LogP contribution in [0.1, 0.15) is 27.7 Å². The van der Waals surface area contributed by atoms with Gasteiger partial charge in [0.15, 0.2) is 0 Å². The second-order valence-corrected chi connectivity index (χ2v) is 3.50. The number of hydrogen-bond donors (Lipinski definition) is 0. The molecule has 0 aliphatic carbocycles. The molecule has 0 saturated heterocycles. The Labute approximate surface area is 68.8 Å². The molecule has 0 fully saturated rings. The first-order chi connectivity index (χ1) is 4.87. The lowest BCUT2D eigenvalue weighted by Crippen LogP contribution is -2.33. The number of hydrogen-bond acceptors (Lipinski definition) is 0. The molecule has 0 aliphatic heterocycles. The molecule has 0 rings (SSSR count). The van der Waals surface area contributed by atoms with Gasteiger partial charge in [0, 0.05) is 5.41 Å². The van der Waals surface area contributed by atoms with Crippen LogP contribution in [0.4, 0.5) is 4.39 Å². The Balaban J connectivity index is 4.66. The normalized spacial score (nSPS) is 18.3. The van der Waals surface area contributed by atoms with Crippen LogP contribution in [0.2, 0.25) is 0 Å². The van der Waals surface area contributed by atoms with Crippen molar-refractivity contribution < 1.29 is 4.39 Å². The molecule has 1 unspecified atom stereocenters. The van der Waals surface area contributed by atoms with Gasteiger partial charge in [-0.25, -0.2) is 4.39 Å². The van der Waals surface area contributed by atoms with Gasteiger partial charge in [0.2, 0.25) is 0 Å². The Morgan fingerprint density at radius 2 is 1.73 bits per heavy atom. The molecule has 0 saturated carbocycles. The molecular formula is C10H17F. The van der Waals surface area contributed by atoms with E-state index in [4.69, 9.17) is 0 Å². The molecular weight excluding hydrogens is 139 g/mol. The molecule has 64 valence electrons. The van der Waals surface area contributed by atoms with E-state index in [1.807, 2.05) is 32.9 Å². The summed E-state index contributed by atoms with van der Waals surface area (Å²) in [5.74, 6) is 0. The maximum absolute atomic E-state index is 13.6. The molecule has 0 aromatic heterocycles. The average Bonchev–Trinajstić information content (AvgIpc) is 1.87.